The van der Waals surface area contributed by atoms with Crippen molar-refractivity contribution in [1.82, 2.24) is 19.6 Å². The van der Waals surface area contributed by atoms with Crippen LogP contribution in [0.5, 0.6) is 0 Å². The lowest BCUT2D eigenvalue weighted by molar-refractivity contribution is -0.180. The largest absolute Gasteiger partial charge is 0.462 e. The van der Waals surface area contributed by atoms with Gasteiger partial charge in [0.05, 0.1) is 24.7 Å². The zero-order chi connectivity index (χ0) is 45.1. The maximum absolute atomic E-state index is 14.8. The summed E-state index contributed by atoms with van der Waals surface area (Å²) in [6.07, 6.45) is 1.70. The molecule has 3 unspecified atom stereocenters. The Kier molecular flexibility index (Phi) is 14.0. The molecule has 12 nitrogen and oxygen atoms in total. The van der Waals surface area contributed by atoms with Crippen LogP contribution in [-0.2, 0) is 38.1 Å². The van der Waals surface area contributed by atoms with Crippen LogP contribution in [0.3, 0.4) is 0 Å². The molecular formula is C47H82N4O8. The fourth-order valence-corrected chi connectivity index (χ4v) is 10.9. The topological polar surface area (TPSA) is 118 Å². The Bertz CT molecular complexity index is 1540. The lowest BCUT2D eigenvalue weighted by Gasteiger charge is -2.53. The van der Waals surface area contributed by atoms with Gasteiger partial charge in [-0.15, -0.1) is 0 Å². The second-order valence-corrected chi connectivity index (χ2v) is 23.1. The lowest BCUT2D eigenvalue weighted by atomic mass is 9.78. The van der Waals surface area contributed by atoms with E-state index in [9.17, 15) is 19.2 Å². The van der Waals surface area contributed by atoms with Gasteiger partial charge >= 0.3 is 23.9 Å². The van der Waals surface area contributed by atoms with E-state index in [-0.39, 0.29) is 38.8 Å². The molecule has 4 rings (SSSR count). The summed E-state index contributed by atoms with van der Waals surface area (Å²) in [5, 5.41) is 0. The standard InChI is InChI=1S/C47H82N4O8/c1-30-20-31(23-41(2,3)48(30)16)58-39(54)35(21-37(52)56-32-24-42(4,5)49(17)43(6,7)25-32)36(40(55)59-34-28-46(12,13)51(19)47(14,15)29-34)22-38(53)57-33-26-44(8,9)50(18)45(10,11)27-33/h31-36H,1,20-29H2,2-19H3. The highest BCUT2D eigenvalue weighted by molar-refractivity contribution is 5.89. The number of esters is 4. The van der Waals surface area contributed by atoms with Crippen LogP contribution in [0.25, 0.3) is 0 Å². The molecule has 4 heterocycles. The van der Waals surface area contributed by atoms with E-state index in [0.717, 1.165) is 5.70 Å². The van der Waals surface area contributed by atoms with E-state index in [0.29, 0.717) is 51.4 Å². The average molecular weight is 831 g/mol. The minimum absolute atomic E-state index is 0.252. The predicted octanol–water partition coefficient (Wildman–Crippen LogP) is 7.51. The molecule has 0 amide bonds. The first-order chi connectivity index (χ1) is 26.6. The van der Waals surface area contributed by atoms with Gasteiger partial charge in [0.1, 0.15) is 24.4 Å². The van der Waals surface area contributed by atoms with Gasteiger partial charge in [-0.3, -0.25) is 33.9 Å². The summed E-state index contributed by atoms with van der Waals surface area (Å²) in [6.45, 7) is 33.8. The van der Waals surface area contributed by atoms with Crippen LogP contribution in [0.1, 0.15) is 161 Å². The number of rotatable bonds is 11. The fourth-order valence-electron chi connectivity index (χ4n) is 10.9. The average Bonchev–Trinajstić information content (AvgIpc) is 3.04. The molecule has 0 aromatic carbocycles. The highest BCUT2D eigenvalue weighted by atomic mass is 16.6. The maximum atomic E-state index is 14.8. The van der Waals surface area contributed by atoms with Gasteiger partial charge in [0.25, 0.3) is 0 Å². The molecule has 0 spiro atoms. The summed E-state index contributed by atoms with van der Waals surface area (Å²) in [4.78, 5) is 66.8. The molecule has 12 heteroatoms. The minimum atomic E-state index is -1.36. The summed E-state index contributed by atoms with van der Waals surface area (Å²) in [5.41, 5.74) is -1.14. The molecule has 3 atom stereocenters. The van der Waals surface area contributed by atoms with Crippen LogP contribution in [0.15, 0.2) is 12.3 Å². The van der Waals surface area contributed by atoms with Gasteiger partial charge in [-0.1, -0.05) is 6.58 Å². The molecule has 4 aliphatic heterocycles. The minimum Gasteiger partial charge on any atom is -0.462 e. The van der Waals surface area contributed by atoms with E-state index in [1.807, 2.05) is 7.05 Å². The Hall–Kier alpha value is -2.70. The molecule has 0 bridgehead atoms. The third kappa shape index (κ3) is 11.2. The van der Waals surface area contributed by atoms with Crippen molar-refractivity contribution in [1.29, 1.82) is 0 Å². The second kappa shape index (κ2) is 16.9. The number of piperidine rings is 4. The smallest absolute Gasteiger partial charge is 0.310 e. The number of hydrogen-bond donors (Lipinski definition) is 0. The summed E-state index contributed by atoms with van der Waals surface area (Å²) < 4.78 is 25.0. The summed E-state index contributed by atoms with van der Waals surface area (Å²) >= 11 is 0. The molecule has 0 saturated carbocycles. The fraction of sp³-hybridized carbons (Fsp3) is 0.872. The van der Waals surface area contributed by atoms with Gasteiger partial charge in [0.15, 0.2) is 0 Å². The predicted molar refractivity (Wildman–Crippen MR) is 231 cm³/mol. The first kappa shape index (κ1) is 49.0. The highest BCUT2D eigenvalue weighted by Crippen LogP contribution is 2.42. The Morgan fingerprint density at radius 2 is 0.729 bits per heavy atom. The third-order valence-electron chi connectivity index (χ3n) is 15.4. The van der Waals surface area contributed by atoms with Gasteiger partial charge < -0.3 is 23.8 Å². The molecule has 338 valence electrons. The number of ether oxygens (including phenoxy) is 4. The van der Waals surface area contributed by atoms with Gasteiger partial charge in [-0.25, -0.2) is 0 Å². The third-order valence-corrected chi connectivity index (χ3v) is 15.4. The molecule has 0 aromatic rings. The number of nitrogens with zero attached hydrogens (tertiary/aromatic N) is 4. The Balaban J connectivity index is 1.70. The van der Waals surface area contributed by atoms with E-state index < -0.39 is 73.0 Å². The first-order valence-corrected chi connectivity index (χ1v) is 22.0. The van der Waals surface area contributed by atoms with Crippen LogP contribution >= 0.6 is 0 Å². The molecule has 0 aliphatic carbocycles. The van der Waals surface area contributed by atoms with Gasteiger partial charge in [0.2, 0.25) is 0 Å². The molecule has 59 heavy (non-hydrogen) atoms. The van der Waals surface area contributed by atoms with Crippen LogP contribution < -0.4 is 0 Å². The van der Waals surface area contributed by atoms with E-state index in [2.05, 4.69) is 144 Å². The number of carbonyl (C=O) groups excluding carboxylic acids is 4. The van der Waals surface area contributed by atoms with Crippen molar-refractivity contribution < 1.29 is 38.1 Å². The molecule has 4 fully saturated rings. The van der Waals surface area contributed by atoms with E-state index >= 15 is 0 Å². The molecule has 4 saturated heterocycles. The van der Waals surface area contributed by atoms with Crippen molar-refractivity contribution in [2.75, 3.05) is 28.2 Å². The zero-order valence-corrected chi connectivity index (χ0v) is 40.3. The number of carbonyl (C=O) groups is 4. The van der Waals surface area contributed by atoms with Crippen molar-refractivity contribution in [2.45, 2.75) is 224 Å². The SMILES string of the molecule is C=C1CC(OC(=O)C(CC(=O)OC2CC(C)(C)N(C)C(C)(C)C2)C(CC(=O)OC2CC(C)(C)N(C)C(C)(C)C2)C(=O)OC2CC(C)(C)N(C)C(C)(C)C2)CC(C)(C)N1C. The number of likely N-dealkylation sites (tertiary alicyclic amines) is 4. The Labute approximate surface area is 357 Å². The van der Waals surface area contributed by atoms with Crippen molar-refractivity contribution in [3.8, 4) is 0 Å². The zero-order valence-electron chi connectivity index (χ0n) is 40.3. The molecule has 4 aliphatic rings. The van der Waals surface area contributed by atoms with E-state index in [1.54, 1.807) is 0 Å². The quantitative estimate of drug-likeness (QED) is 0.152. The van der Waals surface area contributed by atoms with Crippen LogP contribution in [-0.4, -0.2) is 135 Å². The molecule has 0 radical (unpaired) electrons. The van der Waals surface area contributed by atoms with Crippen molar-refractivity contribution in [3.63, 3.8) is 0 Å². The Morgan fingerprint density at radius 3 is 1.02 bits per heavy atom. The van der Waals surface area contributed by atoms with Crippen LogP contribution in [0, 0.1) is 11.8 Å². The Morgan fingerprint density at radius 1 is 0.475 bits per heavy atom. The molecule has 0 aromatic heterocycles. The van der Waals surface area contributed by atoms with Crippen LogP contribution in [0.2, 0.25) is 0 Å². The summed E-state index contributed by atoms with van der Waals surface area (Å²) in [7, 11) is 8.21. The van der Waals surface area contributed by atoms with Gasteiger partial charge in [-0.2, -0.15) is 0 Å². The van der Waals surface area contributed by atoms with Gasteiger partial charge in [0, 0.05) is 103 Å². The van der Waals surface area contributed by atoms with Crippen molar-refractivity contribution >= 4 is 23.9 Å². The summed E-state index contributed by atoms with van der Waals surface area (Å²) in [5.74, 6) is -5.39. The molecular weight excluding hydrogens is 749 g/mol. The normalized spacial score (nSPS) is 28.3. The first-order valence-electron chi connectivity index (χ1n) is 22.0. The van der Waals surface area contributed by atoms with E-state index in [1.165, 1.54) is 0 Å². The second-order valence-electron chi connectivity index (χ2n) is 23.1. The molecule has 0 N–H and O–H groups in total. The van der Waals surface area contributed by atoms with Crippen LogP contribution in [0.4, 0.5) is 0 Å². The summed E-state index contributed by atoms with van der Waals surface area (Å²) in [6, 6.07) is 0. The number of hydrogen-bond acceptors (Lipinski definition) is 12. The lowest BCUT2D eigenvalue weighted by Crippen LogP contribution is -2.60. The van der Waals surface area contributed by atoms with Crippen molar-refractivity contribution in [2.24, 2.45) is 11.8 Å². The van der Waals surface area contributed by atoms with E-state index in [4.69, 9.17) is 18.9 Å². The highest BCUT2D eigenvalue weighted by Gasteiger charge is 2.50. The monoisotopic (exact) mass is 831 g/mol. The van der Waals surface area contributed by atoms with Gasteiger partial charge in [-0.05, 0) is 118 Å². The maximum Gasteiger partial charge on any atom is 0.310 e. The van der Waals surface area contributed by atoms with Crippen molar-refractivity contribution in [3.05, 3.63) is 12.3 Å².